The molecule has 0 saturated carbocycles. The van der Waals surface area contributed by atoms with E-state index in [2.05, 4.69) is 4.98 Å². The highest BCUT2D eigenvalue weighted by Crippen LogP contribution is 2.37. The van der Waals surface area contributed by atoms with E-state index in [1.54, 1.807) is 6.92 Å². The molecule has 140 valence electrons. The fourth-order valence-electron chi connectivity index (χ4n) is 2.78. The van der Waals surface area contributed by atoms with Crippen LogP contribution in [0.4, 0.5) is 5.69 Å². The Bertz CT molecular complexity index is 741. The van der Waals surface area contributed by atoms with E-state index in [9.17, 15) is 19.7 Å². The molecule has 0 amide bonds. The predicted molar refractivity (Wildman–Crippen MR) is 93.5 cm³/mol. The number of hydrogen-bond donors (Lipinski definition) is 0. The maximum Gasteiger partial charge on any atom is 0.339 e. The molecule has 0 aliphatic heterocycles. The lowest BCUT2D eigenvalue weighted by molar-refractivity contribution is -0.385. The number of esters is 2. The van der Waals surface area contributed by atoms with Crippen LogP contribution in [0.2, 0.25) is 0 Å². The van der Waals surface area contributed by atoms with Crippen molar-refractivity contribution in [3.05, 3.63) is 39.2 Å². The summed E-state index contributed by atoms with van der Waals surface area (Å²) in [7, 11) is 0. The lowest BCUT2D eigenvalue weighted by atomic mass is 10.0. The molecule has 0 unspecified atom stereocenters. The van der Waals surface area contributed by atoms with Crippen LogP contribution in [0, 0.1) is 10.1 Å². The zero-order chi connectivity index (χ0) is 19.1. The number of pyridine rings is 1. The van der Waals surface area contributed by atoms with Crippen molar-refractivity contribution in [1.29, 1.82) is 0 Å². The van der Waals surface area contributed by atoms with Gasteiger partial charge in [-0.15, -0.1) is 0 Å². The molecule has 8 nitrogen and oxygen atoms in total. The molecule has 26 heavy (non-hydrogen) atoms. The van der Waals surface area contributed by atoms with Crippen molar-refractivity contribution >= 4 is 23.2 Å². The molecule has 8 heteroatoms. The number of hydrogen-bond acceptors (Lipinski definition) is 7. The van der Waals surface area contributed by atoms with E-state index in [0.717, 1.165) is 18.9 Å². The number of carbonyl (C=O) groups is 2. The van der Waals surface area contributed by atoms with Crippen LogP contribution in [0.1, 0.15) is 62.0 Å². The van der Waals surface area contributed by atoms with Gasteiger partial charge in [-0.05, 0) is 38.2 Å². The maximum atomic E-state index is 12.3. The number of nitro groups is 1. The molecule has 0 fully saturated rings. The van der Waals surface area contributed by atoms with Crippen LogP contribution in [0.3, 0.4) is 0 Å². The summed E-state index contributed by atoms with van der Waals surface area (Å²) >= 11 is 0. The Morgan fingerprint density at radius 1 is 1.23 bits per heavy atom. The quantitative estimate of drug-likeness (QED) is 0.301. The highest BCUT2D eigenvalue weighted by Gasteiger charge is 2.30. The number of carbonyl (C=O) groups excluding carboxylic acids is 2. The molecule has 0 aromatic carbocycles. The van der Waals surface area contributed by atoms with Crippen LogP contribution in [-0.2, 0) is 14.3 Å². The summed E-state index contributed by atoms with van der Waals surface area (Å²) in [5.41, 5.74) is 0.761. The van der Waals surface area contributed by atoms with Crippen molar-refractivity contribution in [2.45, 2.75) is 46.0 Å². The van der Waals surface area contributed by atoms with Crippen molar-refractivity contribution < 1.29 is 24.0 Å². The minimum atomic E-state index is -0.672. The third-order valence-electron chi connectivity index (χ3n) is 4.06. The smallest absolute Gasteiger partial charge is 0.339 e. The molecule has 1 heterocycles. The van der Waals surface area contributed by atoms with Crippen molar-refractivity contribution in [3.8, 4) is 0 Å². The van der Waals surface area contributed by atoms with Crippen molar-refractivity contribution in [1.82, 2.24) is 4.98 Å². The molecular weight excluding hydrogens is 340 g/mol. The summed E-state index contributed by atoms with van der Waals surface area (Å²) in [5.74, 6) is -1.12. The second-order valence-electron chi connectivity index (χ2n) is 5.87. The predicted octanol–water partition coefficient (Wildman–Crippen LogP) is 3.45. The standard InChI is InChI=1S/C18H22N2O6/c1-3-5-9-26-18(22)14-8-6-7-13(14)16-15(20(23)24)10-12(11-19-16)17(21)25-4-2/h10-11H,3-9H2,1-2H3. The Morgan fingerprint density at radius 2 is 2.00 bits per heavy atom. The largest absolute Gasteiger partial charge is 0.462 e. The van der Waals surface area contributed by atoms with Crippen LogP contribution in [0.5, 0.6) is 0 Å². The van der Waals surface area contributed by atoms with Gasteiger partial charge in [0.05, 0.1) is 23.7 Å². The van der Waals surface area contributed by atoms with E-state index >= 15 is 0 Å². The second-order valence-corrected chi connectivity index (χ2v) is 5.87. The number of aromatic nitrogens is 1. The maximum absolute atomic E-state index is 12.3. The van der Waals surface area contributed by atoms with Gasteiger partial charge in [0.15, 0.2) is 0 Å². The molecule has 1 aromatic rings. The fraction of sp³-hybridized carbons (Fsp3) is 0.500. The van der Waals surface area contributed by atoms with Gasteiger partial charge in [-0.25, -0.2) is 14.6 Å². The van der Waals surface area contributed by atoms with E-state index in [-0.39, 0.29) is 23.6 Å². The third kappa shape index (κ3) is 4.44. The van der Waals surface area contributed by atoms with Gasteiger partial charge in [-0.2, -0.15) is 0 Å². The first kappa shape index (κ1) is 19.6. The SMILES string of the molecule is CCCCOC(=O)C1=C(c2ncc(C(=O)OCC)cc2[N+](=O)[O-])CCC1. The van der Waals surface area contributed by atoms with Crippen LogP contribution in [0.25, 0.3) is 5.57 Å². The Morgan fingerprint density at radius 3 is 2.65 bits per heavy atom. The normalized spacial score (nSPS) is 13.6. The first-order valence-electron chi connectivity index (χ1n) is 8.70. The van der Waals surface area contributed by atoms with Gasteiger partial charge in [-0.1, -0.05) is 13.3 Å². The summed E-state index contributed by atoms with van der Waals surface area (Å²) in [6, 6.07) is 1.14. The Balaban J connectivity index is 2.38. The summed E-state index contributed by atoms with van der Waals surface area (Å²) in [4.78, 5) is 39.1. The highest BCUT2D eigenvalue weighted by molar-refractivity contribution is 5.99. The zero-order valence-corrected chi connectivity index (χ0v) is 14.9. The summed E-state index contributed by atoms with van der Waals surface area (Å²) in [6.07, 6.45) is 4.61. The van der Waals surface area contributed by atoms with Gasteiger partial charge in [0, 0.05) is 17.8 Å². The minimum absolute atomic E-state index is 0.00738. The minimum Gasteiger partial charge on any atom is -0.462 e. The zero-order valence-electron chi connectivity index (χ0n) is 14.9. The molecule has 1 aromatic heterocycles. The molecule has 0 spiro atoms. The average Bonchev–Trinajstić information content (AvgIpc) is 3.11. The molecule has 1 aliphatic carbocycles. The van der Waals surface area contributed by atoms with Gasteiger partial charge in [-0.3, -0.25) is 10.1 Å². The second kappa shape index (κ2) is 9.07. The number of ether oxygens (including phenoxy) is 2. The number of unbranched alkanes of at least 4 members (excludes halogenated alkanes) is 1. The van der Waals surface area contributed by atoms with Gasteiger partial charge >= 0.3 is 11.9 Å². The molecule has 0 bridgehead atoms. The van der Waals surface area contributed by atoms with Gasteiger partial charge in [0.25, 0.3) is 5.69 Å². The highest BCUT2D eigenvalue weighted by atomic mass is 16.6. The van der Waals surface area contributed by atoms with Gasteiger partial charge < -0.3 is 9.47 Å². The topological polar surface area (TPSA) is 109 Å². The number of allylic oxidation sites excluding steroid dienone is 1. The molecule has 1 aliphatic rings. The van der Waals surface area contributed by atoms with E-state index in [4.69, 9.17) is 9.47 Å². The lowest BCUT2D eigenvalue weighted by Gasteiger charge is -2.09. The third-order valence-corrected chi connectivity index (χ3v) is 4.06. The Labute approximate surface area is 151 Å². The van der Waals surface area contributed by atoms with Crippen molar-refractivity contribution in [2.75, 3.05) is 13.2 Å². The monoisotopic (exact) mass is 362 g/mol. The molecule has 0 atom stereocenters. The van der Waals surface area contributed by atoms with Crippen molar-refractivity contribution in [3.63, 3.8) is 0 Å². The molecule has 0 radical (unpaired) electrons. The molecule has 0 saturated heterocycles. The van der Waals surface area contributed by atoms with Crippen molar-refractivity contribution in [2.24, 2.45) is 0 Å². The van der Waals surface area contributed by atoms with E-state index in [1.165, 1.54) is 6.20 Å². The summed E-state index contributed by atoms with van der Waals surface area (Å²) in [5, 5.41) is 11.5. The van der Waals surface area contributed by atoms with Crippen LogP contribution in [0.15, 0.2) is 17.8 Å². The van der Waals surface area contributed by atoms with E-state index in [0.29, 0.717) is 37.0 Å². The number of nitrogens with zero attached hydrogens (tertiary/aromatic N) is 2. The lowest BCUT2D eigenvalue weighted by Crippen LogP contribution is -2.11. The number of rotatable bonds is 8. The first-order valence-corrected chi connectivity index (χ1v) is 8.70. The van der Waals surface area contributed by atoms with Gasteiger partial charge in [0.1, 0.15) is 5.69 Å². The molecule has 0 N–H and O–H groups in total. The fourth-order valence-corrected chi connectivity index (χ4v) is 2.78. The van der Waals surface area contributed by atoms with E-state index in [1.807, 2.05) is 6.92 Å². The Kier molecular flexibility index (Phi) is 6.82. The van der Waals surface area contributed by atoms with Crippen LogP contribution in [-0.4, -0.2) is 35.1 Å². The van der Waals surface area contributed by atoms with E-state index < -0.39 is 16.9 Å². The van der Waals surface area contributed by atoms with Crippen LogP contribution < -0.4 is 0 Å². The Hall–Kier alpha value is -2.77. The molecular formula is C18H22N2O6. The molecule has 2 rings (SSSR count). The van der Waals surface area contributed by atoms with Gasteiger partial charge in [0.2, 0.25) is 0 Å². The first-order chi connectivity index (χ1) is 12.5. The summed E-state index contributed by atoms with van der Waals surface area (Å²) < 4.78 is 10.1. The van der Waals surface area contributed by atoms with Crippen LogP contribution >= 0.6 is 0 Å². The average molecular weight is 362 g/mol. The summed E-state index contributed by atoms with van der Waals surface area (Å²) in [6.45, 7) is 4.12.